The first kappa shape index (κ1) is 13.1. The molecular weight excluding hydrogens is 250 g/mol. The number of aromatic nitrogens is 1. The van der Waals surface area contributed by atoms with E-state index in [1.165, 1.54) is 0 Å². The van der Waals surface area contributed by atoms with E-state index in [0.29, 0.717) is 16.6 Å². The molecule has 0 spiro atoms. The Hall–Kier alpha value is -1.33. The number of hydrogen-bond acceptors (Lipinski definition) is 4. The van der Waals surface area contributed by atoms with Crippen LogP contribution in [0.4, 0.5) is 5.82 Å². The fourth-order valence-corrected chi connectivity index (χ4v) is 2.62. The van der Waals surface area contributed by atoms with Crippen LogP contribution < -0.4 is 10.6 Å². The van der Waals surface area contributed by atoms with Crippen LogP contribution in [0.3, 0.4) is 0 Å². The molecule has 1 saturated heterocycles. The van der Waals surface area contributed by atoms with Gasteiger partial charge in [-0.2, -0.15) is 0 Å². The predicted octanol–water partition coefficient (Wildman–Crippen LogP) is 1.16. The molecule has 2 heterocycles. The van der Waals surface area contributed by atoms with Gasteiger partial charge in [-0.05, 0) is 20.0 Å². The molecule has 0 saturated carbocycles. The third-order valence-electron chi connectivity index (χ3n) is 3.26. The van der Waals surface area contributed by atoms with Crippen molar-refractivity contribution in [1.82, 2.24) is 9.88 Å². The lowest BCUT2D eigenvalue weighted by Crippen LogP contribution is -2.51. The molecule has 18 heavy (non-hydrogen) atoms. The summed E-state index contributed by atoms with van der Waals surface area (Å²) < 4.78 is 0. The Labute approximate surface area is 112 Å². The first-order valence-electron chi connectivity index (χ1n) is 5.94. The van der Waals surface area contributed by atoms with Gasteiger partial charge in [0.2, 0.25) is 0 Å². The van der Waals surface area contributed by atoms with Crippen molar-refractivity contribution in [2.24, 2.45) is 5.73 Å². The zero-order valence-corrected chi connectivity index (χ0v) is 11.4. The van der Waals surface area contributed by atoms with Gasteiger partial charge in [0.05, 0.1) is 5.02 Å². The second-order valence-electron chi connectivity index (χ2n) is 4.71. The molecule has 1 aromatic rings. The fourth-order valence-electron chi connectivity index (χ4n) is 2.30. The number of pyridine rings is 1. The number of likely N-dealkylation sites (N-methyl/N-ethyl adjacent to an activating group) is 1. The van der Waals surface area contributed by atoms with E-state index in [1.54, 1.807) is 12.3 Å². The normalized spacial score (nSPS) is 21.1. The maximum absolute atomic E-state index is 7.51. The molecule has 98 valence electrons. The molecule has 0 amide bonds. The van der Waals surface area contributed by atoms with Crippen LogP contribution in [-0.4, -0.2) is 48.4 Å². The van der Waals surface area contributed by atoms with Gasteiger partial charge < -0.3 is 15.5 Å². The van der Waals surface area contributed by atoms with Crippen LogP contribution in [0.1, 0.15) is 12.5 Å². The van der Waals surface area contributed by atoms with Crippen molar-refractivity contribution in [3.8, 4) is 0 Å². The highest BCUT2D eigenvalue weighted by Crippen LogP contribution is 2.29. The lowest BCUT2D eigenvalue weighted by Gasteiger charge is -2.39. The second-order valence-corrected chi connectivity index (χ2v) is 5.09. The predicted molar refractivity (Wildman–Crippen MR) is 74.6 cm³/mol. The van der Waals surface area contributed by atoms with Crippen molar-refractivity contribution < 1.29 is 0 Å². The van der Waals surface area contributed by atoms with Crippen LogP contribution in [0.15, 0.2) is 12.3 Å². The molecule has 1 aromatic heterocycles. The summed E-state index contributed by atoms with van der Waals surface area (Å²) in [7, 11) is 2.11. The summed E-state index contributed by atoms with van der Waals surface area (Å²) in [6, 6.07) is 2.02. The largest absolute Gasteiger partial charge is 0.384 e. The average Bonchev–Trinajstić information content (AvgIpc) is 2.30. The van der Waals surface area contributed by atoms with Gasteiger partial charge in [-0.15, -0.1) is 0 Å². The molecule has 5 nitrogen and oxygen atoms in total. The van der Waals surface area contributed by atoms with E-state index >= 15 is 0 Å². The minimum absolute atomic E-state index is 0.0227. The first-order valence-corrected chi connectivity index (χ1v) is 6.32. The Morgan fingerprint density at radius 1 is 1.56 bits per heavy atom. The zero-order chi connectivity index (χ0) is 13.3. The number of nitrogens with zero attached hydrogens (tertiary/aromatic N) is 3. The van der Waals surface area contributed by atoms with E-state index in [2.05, 4.69) is 28.8 Å². The van der Waals surface area contributed by atoms with E-state index in [0.717, 1.165) is 25.5 Å². The van der Waals surface area contributed by atoms with E-state index < -0.39 is 0 Å². The van der Waals surface area contributed by atoms with Crippen LogP contribution in [-0.2, 0) is 0 Å². The molecule has 1 atom stereocenters. The van der Waals surface area contributed by atoms with Crippen LogP contribution in [0.5, 0.6) is 0 Å². The van der Waals surface area contributed by atoms with Crippen LogP contribution in [0.2, 0.25) is 5.02 Å². The first-order chi connectivity index (χ1) is 8.50. The minimum Gasteiger partial charge on any atom is -0.384 e. The number of piperazine rings is 1. The van der Waals surface area contributed by atoms with Gasteiger partial charge in [0, 0.05) is 37.4 Å². The number of nitrogen functional groups attached to an aromatic ring is 1. The molecule has 0 radical (unpaired) electrons. The SMILES string of the molecule is CC1CN(C)CCN1c1nccc(C(=N)N)c1Cl. The smallest absolute Gasteiger partial charge is 0.148 e. The van der Waals surface area contributed by atoms with Gasteiger partial charge in [0.25, 0.3) is 0 Å². The Morgan fingerprint density at radius 3 is 2.89 bits per heavy atom. The lowest BCUT2D eigenvalue weighted by molar-refractivity contribution is 0.274. The third kappa shape index (κ3) is 2.42. The number of nitrogens with one attached hydrogen (secondary N) is 1. The molecule has 1 aliphatic rings. The zero-order valence-electron chi connectivity index (χ0n) is 10.7. The summed E-state index contributed by atoms with van der Waals surface area (Å²) in [5.74, 6) is 0.704. The number of nitrogens with two attached hydrogens (primary N) is 1. The van der Waals surface area contributed by atoms with Crippen molar-refractivity contribution >= 4 is 23.3 Å². The number of amidine groups is 1. The topological polar surface area (TPSA) is 69.2 Å². The Kier molecular flexibility index (Phi) is 3.73. The van der Waals surface area contributed by atoms with Crippen molar-refractivity contribution in [3.63, 3.8) is 0 Å². The van der Waals surface area contributed by atoms with Crippen LogP contribution >= 0.6 is 11.6 Å². The maximum atomic E-state index is 7.51. The summed E-state index contributed by atoms with van der Waals surface area (Å²) in [5.41, 5.74) is 6.06. The molecule has 1 unspecified atom stereocenters. The summed E-state index contributed by atoms with van der Waals surface area (Å²) in [6.07, 6.45) is 1.66. The molecule has 1 aliphatic heterocycles. The number of anilines is 1. The van der Waals surface area contributed by atoms with Crippen molar-refractivity contribution in [1.29, 1.82) is 5.41 Å². The second kappa shape index (κ2) is 5.12. The monoisotopic (exact) mass is 267 g/mol. The highest BCUT2D eigenvalue weighted by atomic mass is 35.5. The fraction of sp³-hybridized carbons (Fsp3) is 0.500. The number of hydrogen-bond donors (Lipinski definition) is 2. The van der Waals surface area contributed by atoms with Gasteiger partial charge in [0.15, 0.2) is 0 Å². The van der Waals surface area contributed by atoms with Gasteiger partial charge in [-0.3, -0.25) is 5.41 Å². The Balaban J connectivity index is 2.33. The number of halogens is 1. The van der Waals surface area contributed by atoms with Gasteiger partial charge in [-0.25, -0.2) is 4.98 Å². The summed E-state index contributed by atoms with van der Waals surface area (Å²) in [5, 5.41) is 7.98. The molecule has 3 N–H and O–H groups in total. The molecule has 6 heteroatoms. The third-order valence-corrected chi connectivity index (χ3v) is 3.64. The standard InChI is InChI=1S/C12H18ClN5/c1-8-7-17(2)5-6-18(8)12-10(13)9(11(14)15)3-4-16-12/h3-4,8H,5-7H2,1-2H3,(H3,14,15). The van der Waals surface area contributed by atoms with Crippen LogP contribution in [0, 0.1) is 5.41 Å². The van der Waals surface area contributed by atoms with Crippen molar-refractivity contribution in [2.75, 3.05) is 31.6 Å². The van der Waals surface area contributed by atoms with Crippen molar-refractivity contribution in [3.05, 3.63) is 22.8 Å². The van der Waals surface area contributed by atoms with E-state index in [9.17, 15) is 0 Å². The van der Waals surface area contributed by atoms with Gasteiger partial charge >= 0.3 is 0 Å². The minimum atomic E-state index is -0.0227. The van der Waals surface area contributed by atoms with E-state index in [-0.39, 0.29) is 5.84 Å². The summed E-state index contributed by atoms with van der Waals surface area (Å²) in [4.78, 5) is 8.80. The molecule has 0 bridgehead atoms. The van der Waals surface area contributed by atoms with Gasteiger partial charge in [0.1, 0.15) is 11.7 Å². The van der Waals surface area contributed by atoms with Gasteiger partial charge in [-0.1, -0.05) is 11.6 Å². The quantitative estimate of drug-likeness (QED) is 0.623. The van der Waals surface area contributed by atoms with E-state index in [4.69, 9.17) is 22.7 Å². The lowest BCUT2D eigenvalue weighted by atomic mass is 10.1. The maximum Gasteiger partial charge on any atom is 0.148 e. The molecule has 0 aliphatic carbocycles. The van der Waals surface area contributed by atoms with Crippen LogP contribution in [0.25, 0.3) is 0 Å². The number of rotatable bonds is 2. The summed E-state index contributed by atoms with van der Waals surface area (Å²) >= 11 is 6.30. The highest BCUT2D eigenvalue weighted by Gasteiger charge is 2.25. The highest BCUT2D eigenvalue weighted by molar-refractivity contribution is 6.36. The van der Waals surface area contributed by atoms with E-state index in [1.807, 2.05) is 0 Å². The Morgan fingerprint density at radius 2 is 2.28 bits per heavy atom. The molecule has 2 rings (SSSR count). The molecule has 0 aromatic carbocycles. The molecular formula is C12H18ClN5. The average molecular weight is 268 g/mol. The summed E-state index contributed by atoms with van der Waals surface area (Å²) in [6.45, 7) is 4.98. The van der Waals surface area contributed by atoms with Crippen molar-refractivity contribution in [2.45, 2.75) is 13.0 Å². The Bertz CT molecular complexity index is 462. The molecule has 1 fully saturated rings.